The molecule has 1 N–H and O–H groups in total. The average Bonchev–Trinajstić information content (AvgIpc) is 3.06. The van der Waals surface area contributed by atoms with Crippen molar-refractivity contribution in [2.24, 2.45) is 5.10 Å². The Hall–Kier alpha value is -3.17. The molecule has 0 aliphatic rings. The minimum Gasteiger partial charge on any atom is -0.489 e. The van der Waals surface area contributed by atoms with Gasteiger partial charge in [0.1, 0.15) is 12.4 Å². The van der Waals surface area contributed by atoms with Gasteiger partial charge < -0.3 is 4.74 Å². The van der Waals surface area contributed by atoms with Crippen molar-refractivity contribution in [3.63, 3.8) is 0 Å². The van der Waals surface area contributed by atoms with Gasteiger partial charge in [-0.3, -0.25) is 5.43 Å². The van der Waals surface area contributed by atoms with Gasteiger partial charge in [0.25, 0.3) is 0 Å². The van der Waals surface area contributed by atoms with Gasteiger partial charge in [-0.25, -0.2) is 4.98 Å². The molecule has 0 spiro atoms. The maximum atomic E-state index is 9.12. The topological polar surface area (TPSA) is 70.3 Å². The third kappa shape index (κ3) is 4.66. The highest BCUT2D eigenvalue weighted by Gasteiger charge is 2.02. The predicted molar refractivity (Wildman–Crippen MR) is 100.0 cm³/mol. The number of ether oxygens (including phenoxy) is 1. The van der Waals surface area contributed by atoms with Crippen LogP contribution in [0.3, 0.4) is 0 Å². The fourth-order valence-electron chi connectivity index (χ4n) is 2.17. The number of nitrogens with one attached hydrogen (secondary N) is 1. The molecule has 1 heterocycles. The van der Waals surface area contributed by atoms with E-state index in [0.29, 0.717) is 12.2 Å². The summed E-state index contributed by atoms with van der Waals surface area (Å²) in [6.45, 7) is 2.29. The Morgan fingerprint density at radius 2 is 2.16 bits per heavy atom. The van der Waals surface area contributed by atoms with Gasteiger partial charge in [-0.2, -0.15) is 10.4 Å². The molecule has 0 saturated heterocycles. The van der Waals surface area contributed by atoms with Crippen LogP contribution in [0.5, 0.6) is 5.75 Å². The first-order valence-electron chi connectivity index (χ1n) is 7.66. The van der Waals surface area contributed by atoms with Gasteiger partial charge in [-0.1, -0.05) is 30.3 Å². The lowest BCUT2D eigenvalue weighted by molar-refractivity contribution is 0.306. The molecular weight excluding hydrogens is 332 g/mol. The Balaban J connectivity index is 1.62. The number of thiazole rings is 1. The molecule has 124 valence electrons. The second kappa shape index (κ2) is 8.08. The van der Waals surface area contributed by atoms with Crippen molar-refractivity contribution in [3.8, 4) is 11.8 Å². The molecule has 5 nitrogen and oxygen atoms in total. The van der Waals surface area contributed by atoms with E-state index in [-0.39, 0.29) is 0 Å². The molecule has 0 aliphatic carbocycles. The van der Waals surface area contributed by atoms with E-state index in [1.807, 2.05) is 54.8 Å². The van der Waals surface area contributed by atoms with E-state index in [1.54, 1.807) is 12.3 Å². The average molecular weight is 348 g/mol. The van der Waals surface area contributed by atoms with Crippen LogP contribution in [0.2, 0.25) is 0 Å². The molecule has 3 aromatic rings. The highest BCUT2D eigenvalue weighted by molar-refractivity contribution is 7.13. The zero-order chi connectivity index (χ0) is 17.5. The van der Waals surface area contributed by atoms with Gasteiger partial charge in [-0.15, -0.1) is 11.3 Å². The van der Waals surface area contributed by atoms with E-state index < -0.39 is 0 Å². The summed E-state index contributed by atoms with van der Waals surface area (Å²) >= 11 is 1.51. The number of rotatable bonds is 6. The van der Waals surface area contributed by atoms with Gasteiger partial charge in [0.15, 0.2) is 0 Å². The summed E-state index contributed by atoms with van der Waals surface area (Å²) < 4.78 is 5.80. The standard InChI is InChI=1S/C19H16N4OS/c1-14-13-25-19(22-14)23-21-11-15-5-4-8-18(9-15)24-12-17-7-3-2-6-16(17)10-20/h2-9,11,13H,12H2,1H3,(H,22,23). The Kier molecular flexibility index (Phi) is 5.39. The van der Waals surface area contributed by atoms with Crippen LogP contribution >= 0.6 is 11.3 Å². The van der Waals surface area contributed by atoms with E-state index in [9.17, 15) is 0 Å². The van der Waals surface area contributed by atoms with E-state index in [0.717, 1.165) is 27.7 Å². The number of benzene rings is 2. The molecule has 0 radical (unpaired) electrons. The molecule has 0 unspecified atom stereocenters. The van der Waals surface area contributed by atoms with Crippen molar-refractivity contribution in [1.29, 1.82) is 5.26 Å². The van der Waals surface area contributed by atoms with Crippen LogP contribution in [-0.4, -0.2) is 11.2 Å². The van der Waals surface area contributed by atoms with Crippen LogP contribution in [0.4, 0.5) is 5.13 Å². The summed E-state index contributed by atoms with van der Waals surface area (Å²) in [6.07, 6.45) is 1.72. The lowest BCUT2D eigenvalue weighted by Crippen LogP contribution is -1.98. The number of nitriles is 1. The maximum Gasteiger partial charge on any atom is 0.203 e. The van der Waals surface area contributed by atoms with Gasteiger partial charge in [-0.05, 0) is 30.7 Å². The number of nitrogens with zero attached hydrogens (tertiary/aromatic N) is 3. The van der Waals surface area contributed by atoms with Crippen LogP contribution < -0.4 is 10.2 Å². The first-order valence-corrected chi connectivity index (χ1v) is 8.54. The van der Waals surface area contributed by atoms with Gasteiger partial charge in [0, 0.05) is 10.9 Å². The summed E-state index contributed by atoms with van der Waals surface area (Å²) in [5.41, 5.74) is 6.28. The van der Waals surface area contributed by atoms with Crippen molar-refractivity contribution in [2.75, 3.05) is 5.43 Å². The maximum absolute atomic E-state index is 9.12. The van der Waals surface area contributed by atoms with Crippen LogP contribution in [0.15, 0.2) is 59.0 Å². The Morgan fingerprint density at radius 3 is 2.96 bits per heavy atom. The molecule has 0 atom stereocenters. The highest BCUT2D eigenvalue weighted by atomic mass is 32.1. The molecule has 2 aromatic carbocycles. The summed E-state index contributed by atoms with van der Waals surface area (Å²) in [5.74, 6) is 0.724. The van der Waals surface area contributed by atoms with Crippen LogP contribution in [-0.2, 0) is 6.61 Å². The number of hydrazone groups is 1. The second-order valence-electron chi connectivity index (χ2n) is 5.29. The summed E-state index contributed by atoms with van der Waals surface area (Å²) in [6, 6.07) is 17.2. The SMILES string of the molecule is Cc1csc(NN=Cc2cccc(OCc3ccccc3C#N)c2)n1. The third-order valence-corrected chi connectivity index (χ3v) is 4.25. The van der Waals surface area contributed by atoms with Crippen LogP contribution in [0, 0.1) is 18.3 Å². The predicted octanol–water partition coefficient (Wildman–Crippen LogP) is 4.35. The number of aryl methyl sites for hydroxylation is 1. The van der Waals surface area contributed by atoms with Gasteiger partial charge in [0.05, 0.1) is 23.5 Å². The minimum absolute atomic E-state index is 0.348. The quantitative estimate of drug-likeness (QED) is 0.531. The van der Waals surface area contributed by atoms with Crippen molar-refractivity contribution < 1.29 is 4.74 Å². The van der Waals surface area contributed by atoms with Crippen molar-refractivity contribution in [1.82, 2.24) is 4.98 Å². The zero-order valence-corrected chi connectivity index (χ0v) is 14.5. The highest BCUT2D eigenvalue weighted by Crippen LogP contribution is 2.17. The Morgan fingerprint density at radius 1 is 1.28 bits per heavy atom. The zero-order valence-electron chi connectivity index (χ0n) is 13.6. The number of anilines is 1. The van der Waals surface area contributed by atoms with E-state index in [4.69, 9.17) is 10.00 Å². The fraction of sp³-hybridized carbons (Fsp3) is 0.105. The minimum atomic E-state index is 0.348. The summed E-state index contributed by atoms with van der Waals surface area (Å²) in [4.78, 5) is 4.28. The largest absolute Gasteiger partial charge is 0.489 e. The van der Waals surface area contributed by atoms with E-state index in [1.165, 1.54) is 11.3 Å². The first kappa shape index (κ1) is 16.7. The number of hydrogen-bond acceptors (Lipinski definition) is 6. The summed E-state index contributed by atoms with van der Waals surface area (Å²) in [5, 5.41) is 16.0. The molecular formula is C19H16N4OS. The first-order chi connectivity index (χ1) is 12.2. The van der Waals surface area contributed by atoms with Crippen molar-refractivity contribution >= 4 is 22.7 Å². The Bertz CT molecular complexity index is 927. The van der Waals surface area contributed by atoms with Crippen molar-refractivity contribution in [2.45, 2.75) is 13.5 Å². The van der Waals surface area contributed by atoms with E-state index >= 15 is 0 Å². The Labute approximate surface area is 150 Å². The lowest BCUT2D eigenvalue weighted by Gasteiger charge is -2.08. The molecule has 1 aromatic heterocycles. The van der Waals surface area contributed by atoms with Gasteiger partial charge >= 0.3 is 0 Å². The fourth-order valence-corrected chi connectivity index (χ4v) is 2.81. The molecule has 0 fully saturated rings. The molecule has 0 bridgehead atoms. The van der Waals surface area contributed by atoms with Crippen LogP contribution in [0.1, 0.15) is 22.4 Å². The molecule has 25 heavy (non-hydrogen) atoms. The number of hydrogen-bond donors (Lipinski definition) is 1. The van der Waals surface area contributed by atoms with E-state index in [2.05, 4.69) is 21.6 Å². The van der Waals surface area contributed by atoms with Crippen LogP contribution in [0.25, 0.3) is 0 Å². The number of aromatic nitrogens is 1. The normalized spacial score (nSPS) is 10.6. The molecule has 6 heteroatoms. The summed E-state index contributed by atoms with van der Waals surface area (Å²) in [7, 11) is 0. The second-order valence-corrected chi connectivity index (χ2v) is 6.15. The molecule has 3 rings (SSSR count). The lowest BCUT2D eigenvalue weighted by atomic mass is 10.1. The molecule has 0 amide bonds. The smallest absolute Gasteiger partial charge is 0.203 e. The monoisotopic (exact) mass is 348 g/mol. The molecule has 0 saturated carbocycles. The third-order valence-electron chi connectivity index (χ3n) is 3.38. The van der Waals surface area contributed by atoms with Crippen molar-refractivity contribution in [3.05, 3.63) is 76.3 Å². The van der Waals surface area contributed by atoms with Gasteiger partial charge in [0.2, 0.25) is 5.13 Å². The molecule has 0 aliphatic heterocycles.